The van der Waals surface area contributed by atoms with E-state index in [4.69, 9.17) is 14.2 Å². The second-order valence-electron chi connectivity index (χ2n) is 10.7. The van der Waals surface area contributed by atoms with E-state index in [1.165, 1.54) is 0 Å². The van der Waals surface area contributed by atoms with Gasteiger partial charge in [0.05, 0.1) is 6.10 Å². The Labute approximate surface area is 187 Å². The monoisotopic (exact) mass is 441 g/mol. The second kappa shape index (κ2) is 11.4. The predicted octanol–water partition coefficient (Wildman–Crippen LogP) is 3.83. The molecule has 2 N–H and O–H groups in total. The Kier molecular flexibility index (Phi) is 9.43. The summed E-state index contributed by atoms with van der Waals surface area (Å²) in [6.45, 7) is 14.3. The molecule has 2 aliphatic rings. The SMILES string of the molecule is CC(C)(C)OC(=O)NC1CCC(OCCCNC2CCN(C(=O)OC(C)(C)C)C2)CC1. The zero-order valence-corrected chi connectivity index (χ0v) is 20.3. The number of likely N-dealkylation sites (tertiary alicyclic amines) is 1. The average molecular weight is 442 g/mol. The maximum Gasteiger partial charge on any atom is 0.410 e. The lowest BCUT2D eigenvalue weighted by atomic mass is 9.93. The molecule has 2 amide bonds. The maximum absolute atomic E-state index is 12.1. The Morgan fingerprint density at radius 3 is 2.16 bits per heavy atom. The highest BCUT2D eigenvalue weighted by atomic mass is 16.6. The van der Waals surface area contributed by atoms with Gasteiger partial charge in [-0.15, -0.1) is 0 Å². The van der Waals surface area contributed by atoms with Crippen LogP contribution in [0, 0.1) is 0 Å². The normalized spacial score (nSPS) is 24.7. The summed E-state index contributed by atoms with van der Waals surface area (Å²) in [5, 5.41) is 6.49. The van der Waals surface area contributed by atoms with Crippen LogP contribution in [0.25, 0.3) is 0 Å². The standard InChI is InChI=1S/C23H43N3O5/c1-22(2,3)30-20(27)25-17-8-10-19(11-9-17)29-15-7-13-24-18-12-14-26(16-18)21(28)31-23(4,5)6/h17-19,24H,7-16H2,1-6H3,(H,25,27). The smallest absolute Gasteiger partial charge is 0.410 e. The first-order valence-corrected chi connectivity index (χ1v) is 11.7. The molecule has 0 spiro atoms. The van der Waals surface area contributed by atoms with Gasteiger partial charge in [0.2, 0.25) is 0 Å². The molecule has 0 aromatic carbocycles. The van der Waals surface area contributed by atoms with Gasteiger partial charge in [0.1, 0.15) is 11.2 Å². The topological polar surface area (TPSA) is 89.1 Å². The maximum atomic E-state index is 12.1. The fourth-order valence-electron chi connectivity index (χ4n) is 3.90. The summed E-state index contributed by atoms with van der Waals surface area (Å²) >= 11 is 0. The van der Waals surface area contributed by atoms with E-state index in [0.29, 0.717) is 12.6 Å². The summed E-state index contributed by atoms with van der Waals surface area (Å²) in [5.41, 5.74) is -0.921. The lowest BCUT2D eigenvalue weighted by Gasteiger charge is -2.30. The minimum Gasteiger partial charge on any atom is -0.444 e. The number of nitrogens with one attached hydrogen (secondary N) is 2. The molecule has 1 unspecified atom stereocenters. The zero-order chi connectivity index (χ0) is 23.1. The lowest BCUT2D eigenvalue weighted by molar-refractivity contribution is 0.0169. The first-order chi connectivity index (χ1) is 14.4. The van der Waals surface area contributed by atoms with Crippen molar-refractivity contribution in [2.24, 2.45) is 0 Å². The van der Waals surface area contributed by atoms with Crippen molar-refractivity contribution in [1.82, 2.24) is 15.5 Å². The quantitative estimate of drug-likeness (QED) is 0.584. The number of carbonyl (C=O) groups excluding carboxylic acids is 2. The molecule has 1 heterocycles. The largest absolute Gasteiger partial charge is 0.444 e. The van der Waals surface area contributed by atoms with E-state index >= 15 is 0 Å². The van der Waals surface area contributed by atoms with Crippen LogP contribution in [-0.2, 0) is 14.2 Å². The van der Waals surface area contributed by atoms with E-state index < -0.39 is 11.2 Å². The molecule has 180 valence electrons. The van der Waals surface area contributed by atoms with Crippen molar-refractivity contribution >= 4 is 12.2 Å². The van der Waals surface area contributed by atoms with Crippen molar-refractivity contribution in [3.8, 4) is 0 Å². The van der Waals surface area contributed by atoms with Gasteiger partial charge in [0, 0.05) is 31.8 Å². The number of carbonyl (C=O) groups is 2. The number of alkyl carbamates (subject to hydrolysis) is 1. The van der Waals surface area contributed by atoms with E-state index in [1.807, 2.05) is 41.5 Å². The Morgan fingerprint density at radius 2 is 1.55 bits per heavy atom. The molecular weight excluding hydrogens is 398 g/mol. The minimum atomic E-state index is -0.467. The van der Waals surface area contributed by atoms with Gasteiger partial charge in [-0.2, -0.15) is 0 Å². The van der Waals surface area contributed by atoms with Crippen LogP contribution in [0.4, 0.5) is 9.59 Å². The molecule has 2 fully saturated rings. The third-order valence-electron chi connectivity index (χ3n) is 5.34. The molecule has 1 atom stereocenters. The van der Waals surface area contributed by atoms with Crippen LogP contribution in [0.1, 0.15) is 80.1 Å². The van der Waals surface area contributed by atoms with Gasteiger partial charge in [-0.1, -0.05) is 0 Å². The van der Waals surface area contributed by atoms with E-state index in [1.54, 1.807) is 4.90 Å². The second-order valence-corrected chi connectivity index (χ2v) is 10.7. The van der Waals surface area contributed by atoms with Gasteiger partial charge in [-0.25, -0.2) is 9.59 Å². The van der Waals surface area contributed by atoms with Gasteiger partial charge in [0.25, 0.3) is 0 Å². The van der Waals surface area contributed by atoms with Gasteiger partial charge < -0.3 is 29.7 Å². The Hall–Kier alpha value is -1.54. The molecule has 31 heavy (non-hydrogen) atoms. The summed E-state index contributed by atoms with van der Waals surface area (Å²) in [5.74, 6) is 0. The summed E-state index contributed by atoms with van der Waals surface area (Å²) in [4.78, 5) is 25.8. The number of hydrogen-bond donors (Lipinski definition) is 2. The van der Waals surface area contributed by atoms with Gasteiger partial charge in [-0.3, -0.25) is 0 Å². The number of ether oxygens (including phenoxy) is 3. The van der Waals surface area contributed by atoms with Crippen LogP contribution in [-0.4, -0.2) is 72.7 Å². The average Bonchev–Trinajstić information content (AvgIpc) is 3.09. The summed E-state index contributed by atoms with van der Waals surface area (Å²) in [6.07, 6.45) is 5.37. The van der Waals surface area contributed by atoms with Crippen LogP contribution in [0.3, 0.4) is 0 Å². The van der Waals surface area contributed by atoms with E-state index in [9.17, 15) is 9.59 Å². The number of nitrogens with zero attached hydrogens (tertiary/aromatic N) is 1. The first-order valence-electron chi connectivity index (χ1n) is 11.7. The van der Waals surface area contributed by atoms with Crippen LogP contribution in [0.15, 0.2) is 0 Å². The van der Waals surface area contributed by atoms with Crippen LogP contribution in [0.5, 0.6) is 0 Å². The highest BCUT2D eigenvalue weighted by Crippen LogP contribution is 2.22. The molecule has 8 nitrogen and oxygen atoms in total. The predicted molar refractivity (Wildman–Crippen MR) is 120 cm³/mol. The number of amides is 2. The van der Waals surface area contributed by atoms with Crippen molar-refractivity contribution < 1.29 is 23.8 Å². The van der Waals surface area contributed by atoms with E-state index in [-0.39, 0.29) is 24.3 Å². The van der Waals surface area contributed by atoms with Crippen LogP contribution >= 0.6 is 0 Å². The summed E-state index contributed by atoms with van der Waals surface area (Å²) < 4.78 is 16.8. The van der Waals surface area contributed by atoms with Crippen molar-refractivity contribution in [1.29, 1.82) is 0 Å². The Bertz CT molecular complexity index is 577. The molecule has 2 rings (SSSR count). The van der Waals surface area contributed by atoms with Gasteiger partial charge in [0.15, 0.2) is 0 Å². The molecule has 8 heteroatoms. The minimum absolute atomic E-state index is 0.173. The molecule has 0 aromatic heterocycles. The Morgan fingerprint density at radius 1 is 0.903 bits per heavy atom. The van der Waals surface area contributed by atoms with Crippen molar-refractivity contribution in [3.05, 3.63) is 0 Å². The third-order valence-corrected chi connectivity index (χ3v) is 5.34. The molecule has 0 bridgehead atoms. The molecule has 1 saturated heterocycles. The number of hydrogen-bond acceptors (Lipinski definition) is 6. The first kappa shape index (κ1) is 25.7. The highest BCUT2D eigenvalue weighted by Gasteiger charge is 2.29. The summed E-state index contributed by atoms with van der Waals surface area (Å²) in [7, 11) is 0. The molecule has 0 radical (unpaired) electrons. The van der Waals surface area contributed by atoms with E-state index in [2.05, 4.69) is 10.6 Å². The molecule has 1 aliphatic heterocycles. The fourth-order valence-corrected chi connectivity index (χ4v) is 3.90. The molecular formula is C23H43N3O5. The van der Waals surface area contributed by atoms with Crippen LogP contribution < -0.4 is 10.6 Å². The van der Waals surface area contributed by atoms with Crippen LogP contribution in [0.2, 0.25) is 0 Å². The highest BCUT2D eigenvalue weighted by molar-refractivity contribution is 5.68. The number of rotatable bonds is 7. The molecule has 1 aliphatic carbocycles. The van der Waals surface area contributed by atoms with Gasteiger partial charge >= 0.3 is 12.2 Å². The Balaban J connectivity index is 1.51. The van der Waals surface area contributed by atoms with Gasteiger partial charge in [-0.05, 0) is 86.6 Å². The van der Waals surface area contributed by atoms with Crippen molar-refractivity contribution in [2.45, 2.75) is 109 Å². The zero-order valence-electron chi connectivity index (χ0n) is 20.3. The third kappa shape index (κ3) is 10.5. The molecule has 0 aromatic rings. The lowest BCUT2D eigenvalue weighted by Crippen LogP contribution is -2.42. The molecule has 1 saturated carbocycles. The van der Waals surface area contributed by atoms with Crippen molar-refractivity contribution in [2.75, 3.05) is 26.2 Å². The van der Waals surface area contributed by atoms with Crippen molar-refractivity contribution in [3.63, 3.8) is 0 Å². The van der Waals surface area contributed by atoms with E-state index in [0.717, 1.165) is 58.2 Å². The summed E-state index contributed by atoms with van der Waals surface area (Å²) in [6, 6.07) is 0.494. The fraction of sp³-hybridized carbons (Fsp3) is 0.913.